The molecule has 1 aliphatic rings. The molecular formula is C15H17N3O. The third kappa shape index (κ3) is 2.21. The Bertz CT molecular complexity index is 626. The van der Waals surface area contributed by atoms with Gasteiger partial charge in [-0.2, -0.15) is 0 Å². The number of rotatable bonds is 3. The zero-order valence-corrected chi connectivity index (χ0v) is 10.9. The predicted molar refractivity (Wildman–Crippen MR) is 75.7 cm³/mol. The minimum absolute atomic E-state index is 0.135. The lowest BCUT2D eigenvalue weighted by Crippen LogP contribution is -2.22. The highest BCUT2D eigenvalue weighted by Gasteiger charge is 2.30. The summed E-state index contributed by atoms with van der Waals surface area (Å²) in [4.78, 5) is 12.4. The lowest BCUT2D eigenvalue weighted by molar-refractivity contribution is 0.101. The molecule has 0 aliphatic heterocycles. The summed E-state index contributed by atoms with van der Waals surface area (Å²) < 4.78 is 1.42. The van der Waals surface area contributed by atoms with E-state index in [2.05, 4.69) is 5.32 Å². The minimum Gasteiger partial charge on any atom is -0.339 e. The van der Waals surface area contributed by atoms with Gasteiger partial charge in [0.25, 0.3) is 5.91 Å². The molecule has 3 rings (SSSR count). The number of nitrogen functional groups attached to an aromatic ring is 1. The summed E-state index contributed by atoms with van der Waals surface area (Å²) in [7, 11) is 0. The zero-order chi connectivity index (χ0) is 13.4. The van der Waals surface area contributed by atoms with Gasteiger partial charge in [-0.25, -0.2) is 0 Å². The lowest BCUT2D eigenvalue weighted by atomic mass is 10.1. The van der Waals surface area contributed by atoms with Crippen molar-refractivity contribution in [2.24, 2.45) is 0 Å². The van der Waals surface area contributed by atoms with Crippen molar-refractivity contribution in [1.29, 1.82) is 0 Å². The Balaban J connectivity index is 1.88. The van der Waals surface area contributed by atoms with Gasteiger partial charge in [-0.05, 0) is 48.9 Å². The monoisotopic (exact) mass is 255 g/mol. The van der Waals surface area contributed by atoms with Crippen LogP contribution in [0.2, 0.25) is 0 Å². The van der Waals surface area contributed by atoms with Gasteiger partial charge < -0.3 is 11.2 Å². The van der Waals surface area contributed by atoms with Gasteiger partial charge >= 0.3 is 0 Å². The van der Waals surface area contributed by atoms with Crippen LogP contribution in [0, 0.1) is 6.92 Å². The van der Waals surface area contributed by atoms with Gasteiger partial charge in [0.15, 0.2) is 0 Å². The molecule has 0 unspecified atom stereocenters. The normalized spacial score (nSPS) is 14.4. The van der Waals surface area contributed by atoms with Crippen LogP contribution in [-0.4, -0.2) is 10.6 Å². The van der Waals surface area contributed by atoms with Gasteiger partial charge in [-0.15, -0.1) is 0 Å². The second-order valence-electron chi connectivity index (χ2n) is 5.07. The average molecular weight is 255 g/mol. The van der Waals surface area contributed by atoms with Crippen LogP contribution in [0.25, 0.3) is 0 Å². The molecule has 0 atom stereocenters. The summed E-state index contributed by atoms with van der Waals surface area (Å²) >= 11 is 0. The van der Waals surface area contributed by atoms with Gasteiger partial charge in [0.1, 0.15) is 5.69 Å². The van der Waals surface area contributed by atoms with Gasteiger partial charge in [-0.3, -0.25) is 9.47 Å². The molecule has 1 aromatic carbocycles. The van der Waals surface area contributed by atoms with Crippen molar-refractivity contribution in [3.8, 4) is 0 Å². The summed E-state index contributed by atoms with van der Waals surface area (Å²) in [6, 6.07) is 9.68. The number of hydrogen-bond donors (Lipinski definition) is 2. The van der Waals surface area contributed by atoms with Crippen LogP contribution in [0.5, 0.6) is 0 Å². The number of benzene rings is 1. The van der Waals surface area contributed by atoms with Gasteiger partial charge in [0, 0.05) is 11.9 Å². The first kappa shape index (κ1) is 11.8. The minimum atomic E-state index is -0.135. The number of aromatic nitrogens is 1. The van der Waals surface area contributed by atoms with Crippen molar-refractivity contribution in [1.82, 2.24) is 4.68 Å². The molecule has 3 N–H and O–H groups in total. The number of amides is 1. The molecule has 0 saturated heterocycles. The fourth-order valence-corrected chi connectivity index (χ4v) is 2.33. The third-order valence-electron chi connectivity index (χ3n) is 3.57. The molecule has 1 saturated carbocycles. The Morgan fingerprint density at radius 2 is 2.05 bits per heavy atom. The molecule has 0 spiro atoms. The molecule has 1 aromatic heterocycles. The van der Waals surface area contributed by atoms with Gasteiger partial charge in [0.05, 0.1) is 0 Å². The van der Waals surface area contributed by atoms with E-state index in [0.717, 1.165) is 29.7 Å². The molecule has 0 radical (unpaired) electrons. The van der Waals surface area contributed by atoms with E-state index in [1.165, 1.54) is 4.68 Å². The van der Waals surface area contributed by atoms with E-state index in [9.17, 15) is 4.79 Å². The van der Waals surface area contributed by atoms with Crippen LogP contribution in [0.3, 0.4) is 0 Å². The van der Waals surface area contributed by atoms with Crippen LogP contribution >= 0.6 is 0 Å². The van der Waals surface area contributed by atoms with Crippen molar-refractivity contribution in [2.75, 3.05) is 11.2 Å². The standard InChI is InChI=1S/C15H17N3O/c1-10-4-2-3-5-13(10)17-15(19)14-12(11-6-7-11)8-9-18(14)16/h2-5,8-9,11H,6-7,16H2,1H3,(H,17,19). The van der Waals surface area contributed by atoms with Crippen molar-refractivity contribution in [2.45, 2.75) is 25.7 Å². The largest absolute Gasteiger partial charge is 0.339 e. The van der Waals surface area contributed by atoms with Crippen molar-refractivity contribution >= 4 is 11.6 Å². The fraction of sp³-hybridized carbons (Fsp3) is 0.267. The maximum absolute atomic E-state index is 12.4. The van der Waals surface area contributed by atoms with Gasteiger partial charge in [0.2, 0.25) is 0 Å². The SMILES string of the molecule is Cc1ccccc1NC(=O)c1c(C2CC2)ccn1N. The van der Waals surface area contributed by atoms with E-state index >= 15 is 0 Å². The highest BCUT2D eigenvalue weighted by molar-refractivity contribution is 6.04. The number of carbonyl (C=O) groups excluding carboxylic acids is 1. The molecule has 4 heteroatoms. The van der Waals surface area contributed by atoms with Crippen LogP contribution < -0.4 is 11.2 Å². The zero-order valence-electron chi connectivity index (χ0n) is 10.9. The number of hydrogen-bond acceptors (Lipinski definition) is 2. The van der Waals surface area contributed by atoms with E-state index in [1.54, 1.807) is 6.20 Å². The number of aryl methyl sites for hydroxylation is 1. The number of carbonyl (C=O) groups is 1. The topological polar surface area (TPSA) is 60.0 Å². The summed E-state index contributed by atoms with van der Waals surface area (Å²) in [5, 5.41) is 2.94. The first-order chi connectivity index (χ1) is 9.16. The first-order valence-electron chi connectivity index (χ1n) is 6.50. The predicted octanol–water partition coefficient (Wildman–Crippen LogP) is 2.64. The summed E-state index contributed by atoms with van der Waals surface area (Å²) in [5.74, 6) is 6.22. The van der Waals surface area contributed by atoms with E-state index in [-0.39, 0.29) is 5.91 Å². The van der Waals surface area contributed by atoms with E-state index in [4.69, 9.17) is 5.84 Å². The number of anilines is 1. The molecule has 19 heavy (non-hydrogen) atoms. The van der Waals surface area contributed by atoms with Crippen molar-refractivity contribution < 1.29 is 4.79 Å². The molecule has 1 aliphatic carbocycles. The highest BCUT2D eigenvalue weighted by Crippen LogP contribution is 2.41. The third-order valence-corrected chi connectivity index (χ3v) is 3.57. The molecule has 98 valence electrons. The Labute approximate surface area is 112 Å². The maximum Gasteiger partial charge on any atom is 0.274 e. The fourth-order valence-electron chi connectivity index (χ4n) is 2.33. The smallest absolute Gasteiger partial charge is 0.274 e. The second kappa shape index (κ2) is 4.46. The lowest BCUT2D eigenvalue weighted by Gasteiger charge is -2.10. The molecule has 1 fully saturated rings. The van der Waals surface area contributed by atoms with Crippen LogP contribution in [0.1, 0.15) is 40.4 Å². The second-order valence-corrected chi connectivity index (χ2v) is 5.07. The van der Waals surface area contributed by atoms with E-state index < -0.39 is 0 Å². The summed E-state index contributed by atoms with van der Waals surface area (Å²) in [6.07, 6.45) is 4.05. The quantitative estimate of drug-likeness (QED) is 0.828. The molecule has 4 nitrogen and oxygen atoms in total. The van der Waals surface area contributed by atoms with Crippen LogP contribution in [0.15, 0.2) is 36.5 Å². The highest BCUT2D eigenvalue weighted by atomic mass is 16.2. The summed E-state index contributed by atoms with van der Waals surface area (Å²) in [5.41, 5.74) is 3.51. The van der Waals surface area contributed by atoms with Crippen molar-refractivity contribution in [3.05, 3.63) is 53.3 Å². The average Bonchev–Trinajstić information content (AvgIpc) is 3.15. The Kier molecular flexibility index (Phi) is 2.78. The molecule has 1 heterocycles. The van der Waals surface area contributed by atoms with Crippen molar-refractivity contribution in [3.63, 3.8) is 0 Å². The Hall–Kier alpha value is -2.23. The maximum atomic E-state index is 12.4. The van der Waals surface area contributed by atoms with Crippen LogP contribution in [0.4, 0.5) is 5.69 Å². The van der Waals surface area contributed by atoms with Crippen LogP contribution in [-0.2, 0) is 0 Å². The number of nitrogens with one attached hydrogen (secondary N) is 1. The number of nitrogens with zero attached hydrogens (tertiary/aromatic N) is 1. The molecular weight excluding hydrogens is 238 g/mol. The molecule has 0 bridgehead atoms. The number of para-hydroxylation sites is 1. The number of nitrogens with two attached hydrogens (primary N) is 1. The summed E-state index contributed by atoms with van der Waals surface area (Å²) in [6.45, 7) is 1.97. The Morgan fingerprint density at radius 1 is 1.32 bits per heavy atom. The first-order valence-corrected chi connectivity index (χ1v) is 6.50. The molecule has 1 amide bonds. The Morgan fingerprint density at radius 3 is 2.74 bits per heavy atom. The van der Waals surface area contributed by atoms with Gasteiger partial charge in [-0.1, -0.05) is 18.2 Å². The van der Waals surface area contributed by atoms with E-state index in [0.29, 0.717) is 11.6 Å². The molecule has 2 aromatic rings. The van der Waals surface area contributed by atoms with E-state index in [1.807, 2.05) is 37.3 Å².